The maximum atomic E-state index is 12.0. The lowest BCUT2D eigenvalue weighted by molar-refractivity contribution is -0.118. The highest BCUT2D eigenvalue weighted by atomic mass is 16.1. The summed E-state index contributed by atoms with van der Waals surface area (Å²) < 4.78 is 0. The molecule has 0 aromatic rings. The van der Waals surface area contributed by atoms with Crippen LogP contribution >= 0.6 is 0 Å². The van der Waals surface area contributed by atoms with Crippen LogP contribution in [0.5, 0.6) is 0 Å². The summed E-state index contributed by atoms with van der Waals surface area (Å²) in [4.78, 5) is 16.1. The summed E-state index contributed by atoms with van der Waals surface area (Å²) >= 11 is 0. The molecule has 1 rings (SSSR count). The first-order valence-corrected chi connectivity index (χ1v) is 6.35. The second-order valence-corrected chi connectivity index (χ2v) is 5.68. The van der Waals surface area contributed by atoms with Gasteiger partial charge in [0.15, 0.2) is 5.78 Å². The molecule has 2 N–H and O–H groups in total. The van der Waals surface area contributed by atoms with Crippen molar-refractivity contribution in [2.24, 2.45) is 16.1 Å². The normalized spacial score (nSPS) is 22.9. The highest BCUT2D eigenvalue weighted by Gasteiger charge is 2.31. The molecule has 0 aromatic carbocycles. The highest BCUT2D eigenvalue weighted by Crippen LogP contribution is 2.38. The molecular formula is C16H22N2O. The van der Waals surface area contributed by atoms with Crippen molar-refractivity contribution in [1.82, 2.24) is 0 Å². The number of hydrogen-bond acceptors (Lipinski definition) is 3. The van der Waals surface area contributed by atoms with Gasteiger partial charge in [0, 0.05) is 30.1 Å². The van der Waals surface area contributed by atoms with Crippen molar-refractivity contribution in [2.75, 3.05) is 0 Å². The summed E-state index contributed by atoms with van der Waals surface area (Å²) in [6, 6.07) is 0. The van der Waals surface area contributed by atoms with E-state index in [1.807, 2.05) is 6.92 Å². The predicted molar refractivity (Wildman–Crippen MR) is 80.8 cm³/mol. The molecule has 1 aliphatic rings. The third-order valence-electron chi connectivity index (χ3n) is 2.86. The van der Waals surface area contributed by atoms with Crippen LogP contribution in [0.4, 0.5) is 0 Å². The fraction of sp³-hybridized carbons (Fsp3) is 0.375. The van der Waals surface area contributed by atoms with Crippen molar-refractivity contribution in [3.8, 4) is 0 Å². The van der Waals surface area contributed by atoms with E-state index in [9.17, 15) is 4.79 Å². The number of allylic oxidation sites excluding steroid dienone is 6. The van der Waals surface area contributed by atoms with E-state index in [-0.39, 0.29) is 11.2 Å². The minimum Gasteiger partial charge on any atom is -0.402 e. The van der Waals surface area contributed by atoms with Crippen LogP contribution < -0.4 is 5.73 Å². The van der Waals surface area contributed by atoms with E-state index >= 15 is 0 Å². The van der Waals surface area contributed by atoms with E-state index < -0.39 is 0 Å². The minimum atomic E-state index is 0.0125. The van der Waals surface area contributed by atoms with E-state index in [0.717, 1.165) is 17.7 Å². The first-order valence-electron chi connectivity index (χ1n) is 6.35. The van der Waals surface area contributed by atoms with E-state index in [2.05, 4.69) is 25.4 Å². The zero-order chi connectivity index (χ0) is 14.5. The number of nitrogens with two attached hydrogens (primary N) is 1. The first kappa shape index (κ1) is 15.2. The number of ketones is 1. The number of carbonyl (C=O) groups is 1. The van der Waals surface area contributed by atoms with Gasteiger partial charge in [0.2, 0.25) is 0 Å². The number of carbonyl (C=O) groups excluding carboxylic acids is 1. The number of Topliss-reactive ketones (excluding diaryl/α,β-unsaturated/α-hetero) is 1. The smallest absolute Gasteiger partial charge is 0.165 e. The minimum absolute atomic E-state index is 0.0125. The monoisotopic (exact) mass is 258 g/mol. The van der Waals surface area contributed by atoms with E-state index in [0.29, 0.717) is 12.0 Å². The Bertz CT molecular complexity index is 465. The molecule has 0 aromatic heterocycles. The van der Waals surface area contributed by atoms with Crippen molar-refractivity contribution in [3.63, 3.8) is 0 Å². The third-order valence-corrected chi connectivity index (χ3v) is 2.86. The Morgan fingerprint density at radius 3 is 2.63 bits per heavy atom. The molecule has 1 fully saturated rings. The Morgan fingerprint density at radius 1 is 1.37 bits per heavy atom. The summed E-state index contributed by atoms with van der Waals surface area (Å²) in [7, 11) is 0. The molecule has 0 amide bonds. The molecule has 0 saturated heterocycles. The maximum absolute atomic E-state index is 12.0. The maximum Gasteiger partial charge on any atom is 0.165 e. The van der Waals surface area contributed by atoms with Crippen molar-refractivity contribution >= 4 is 12.0 Å². The fourth-order valence-electron chi connectivity index (χ4n) is 2.05. The van der Waals surface area contributed by atoms with Crippen LogP contribution in [-0.2, 0) is 4.79 Å². The van der Waals surface area contributed by atoms with Crippen molar-refractivity contribution in [2.45, 2.75) is 33.6 Å². The zero-order valence-corrected chi connectivity index (χ0v) is 11.9. The molecule has 0 radical (unpaired) electrons. The van der Waals surface area contributed by atoms with Crippen molar-refractivity contribution in [3.05, 3.63) is 47.9 Å². The second kappa shape index (κ2) is 6.32. The first-order chi connectivity index (χ1) is 8.82. The van der Waals surface area contributed by atoms with Crippen LogP contribution in [0.15, 0.2) is 52.8 Å². The largest absolute Gasteiger partial charge is 0.402 e. The fourth-order valence-corrected chi connectivity index (χ4v) is 2.05. The van der Waals surface area contributed by atoms with Crippen LogP contribution in [0.1, 0.15) is 33.6 Å². The lowest BCUT2D eigenvalue weighted by Gasteiger charge is -2.30. The number of hydrogen-bond donors (Lipinski definition) is 1. The number of rotatable bonds is 3. The highest BCUT2D eigenvalue weighted by molar-refractivity contribution is 6.01. The molecule has 1 saturated carbocycles. The molecule has 0 atom stereocenters. The van der Waals surface area contributed by atoms with Gasteiger partial charge in [0.1, 0.15) is 0 Å². The summed E-state index contributed by atoms with van der Waals surface area (Å²) in [5, 5.41) is 0. The zero-order valence-electron chi connectivity index (χ0n) is 11.9. The van der Waals surface area contributed by atoms with Crippen LogP contribution in [0.2, 0.25) is 0 Å². The van der Waals surface area contributed by atoms with Crippen LogP contribution in [0, 0.1) is 5.41 Å². The Kier molecular flexibility index (Phi) is 5.04. The van der Waals surface area contributed by atoms with Gasteiger partial charge in [-0.25, -0.2) is 0 Å². The number of nitrogens with zero attached hydrogens (tertiary/aromatic N) is 1. The average Bonchev–Trinajstić information content (AvgIpc) is 2.24. The topological polar surface area (TPSA) is 55.5 Å². The predicted octanol–water partition coefficient (Wildman–Crippen LogP) is 3.31. The summed E-state index contributed by atoms with van der Waals surface area (Å²) in [6.45, 7) is 9.96. The van der Waals surface area contributed by atoms with Crippen LogP contribution in [0.3, 0.4) is 0 Å². The van der Waals surface area contributed by atoms with Crippen LogP contribution in [-0.4, -0.2) is 12.0 Å². The van der Waals surface area contributed by atoms with Gasteiger partial charge in [-0.3, -0.25) is 9.79 Å². The summed E-state index contributed by atoms with van der Waals surface area (Å²) in [5.74, 6) is 0.125. The SMILES string of the molecule is C=C1CC(C)(C)CC(=O)/C1=C/N=C/C=C\C=C(/C)N. The Morgan fingerprint density at radius 2 is 2.05 bits per heavy atom. The molecule has 0 unspecified atom stereocenters. The summed E-state index contributed by atoms with van der Waals surface area (Å²) in [6.07, 6.45) is 9.98. The van der Waals surface area contributed by atoms with E-state index in [4.69, 9.17) is 5.73 Å². The Balaban J connectivity index is 2.70. The molecule has 3 heteroatoms. The van der Waals surface area contributed by atoms with Crippen molar-refractivity contribution in [1.29, 1.82) is 0 Å². The lowest BCUT2D eigenvalue weighted by atomic mass is 9.73. The molecule has 0 aliphatic heterocycles. The third kappa shape index (κ3) is 5.08. The second-order valence-electron chi connectivity index (χ2n) is 5.68. The molecule has 0 bridgehead atoms. The molecule has 1 aliphatic carbocycles. The molecule has 19 heavy (non-hydrogen) atoms. The van der Waals surface area contributed by atoms with Crippen molar-refractivity contribution < 1.29 is 4.79 Å². The van der Waals surface area contributed by atoms with Crippen LogP contribution in [0.25, 0.3) is 0 Å². The summed E-state index contributed by atoms with van der Waals surface area (Å²) in [5.41, 5.74) is 7.76. The van der Waals surface area contributed by atoms with Gasteiger partial charge in [0.25, 0.3) is 0 Å². The Hall–Kier alpha value is -1.90. The number of aliphatic imine (C=N–C) groups is 1. The molecule has 0 spiro atoms. The molecular weight excluding hydrogens is 236 g/mol. The molecule has 0 heterocycles. The Labute approximate surface area is 115 Å². The van der Waals surface area contributed by atoms with E-state index in [1.54, 1.807) is 30.6 Å². The standard InChI is InChI=1S/C16H22N2O/c1-12-9-16(3,4)10-15(19)14(12)11-18-8-6-5-7-13(2)17/h5-8,11H,1,9-10,17H2,2-4H3/b6-5-,13-7+,14-11+,18-8+. The van der Waals surface area contributed by atoms with Gasteiger partial charge >= 0.3 is 0 Å². The van der Waals surface area contributed by atoms with Gasteiger partial charge in [0.05, 0.1) is 0 Å². The van der Waals surface area contributed by atoms with Gasteiger partial charge < -0.3 is 5.73 Å². The van der Waals surface area contributed by atoms with Gasteiger partial charge in [-0.1, -0.05) is 26.5 Å². The van der Waals surface area contributed by atoms with Gasteiger partial charge in [-0.2, -0.15) is 0 Å². The quantitative estimate of drug-likeness (QED) is 0.479. The lowest BCUT2D eigenvalue weighted by Crippen LogP contribution is -2.25. The molecule has 3 nitrogen and oxygen atoms in total. The van der Waals surface area contributed by atoms with Gasteiger partial charge in [-0.05, 0) is 36.5 Å². The average molecular weight is 258 g/mol. The van der Waals surface area contributed by atoms with Gasteiger partial charge in [-0.15, -0.1) is 0 Å². The van der Waals surface area contributed by atoms with E-state index in [1.165, 1.54) is 0 Å². The molecule has 102 valence electrons.